The van der Waals surface area contributed by atoms with Crippen molar-refractivity contribution in [2.75, 3.05) is 18.1 Å². The number of ether oxygens (including phenoxy) is 1. The summed E-state index contributed by atoms with van der Waals surface area (Å²) in [6.45, 7) is 5.79. The fraction of sp³-hybridized carbons (Fsp3) is 0.571. The first-order valence-electron chi connectivity index (χ1n) is 6.44. The van der Waals surface area contributed by atoms with Crippen molar-refractivity contribution in [2.24, 2.45) is 0 Å². The van der Waals surface area contributed by atoms with E-state index in [0.29, 0.717) is 12.2 Å². The van der Waals surface area contributed by atoms with Crippen LogP contribution in [0, 0.1) is 13.8 Å². The third-order valence-electron chi connectivity index (χ3n) is 2.86. The summed E-state index contributed by atoms with van der Waals surface area (Å²) in [5.41, 5.74) is 2.66. The Morgan fingerprint density at radius 3 is 2.21 bits per heavy atom. The van der Waals surface area contributed by atoms with Gasteiger partial charge in [0.1, 0.15) is 12.4 Å². The zero-order chi connectivity index (χ0) is 14.5. The second-order valence-corrected chi connectivity index (χ2v) is 7.02. The van der Waals surface area contributed by atoms with Crippen LogP contribution in [0.4, 0.5) is 0 Å². The van der Waals surface area contributed by atoms with E-state index >= 15 is 0 Å². The molecule has 0 unspecified atom stereocenters. The van der Waals surface area contributed by atoms with Gasteiger partial charge in [-0.3, -0.25) is 0 Å². The molecule has 0 atom stereocenters. The lowest BCUT2D eigenvalue weighted by atomic mass is 10.1. The Balaban J connectivity index is 2.69. The van der Waals surface area contributed by atoms with E-state index in [-0.39, 0.29) is 24.7 Å². The highest BCUT2D eigenvalue weighted by molar-refractivity contribution is 7.91. The molecule has 1 rings (SSSR count). The molecule has 0 heterocycles. The van der Waals surface area contributed by atoms with Crippen molar-refractivity contribution < 1.29 is 18.3 Å². The van der Waals surface area contributed by atoms with Crippen LogP contribution < -0.4 is 4.74 Å². The molecule has 1 N–H and O–H groups in total. The zero-order valence-corrected chi connectivity index (χ0v) is 12.6. The summed E-state index contributed by atoms with van der Waals surface area (Å²) in [4.78, 5) is 0. The lowest BCUT2D eigenvalue weighted by molar-refractivity contribution is 0.281. The molecule has 0 aromatic heterocycles. The number of sulfone groups is 1. The van der Waals surface area contributed by atoms with Crippen LogP contribution in [0.1, 0.15) is 30.0 Å². The van der Waals surface area contributed by atoms with Crippen molar-refractivity contribution in [1.29, 1.82) is 0 Å². The summed E-state index contributed by atoms with van der Waals surface area (Å²) in [7, 11) is -3.01. The molecular weight excluding hydrogens is 264 g/mol. The predicted molar refractivity (Wildman–Crippen MR) is 76.3 cm³/mol. The zero-order valence-electron chi connectivity index (χ0n) is 11.8. The Kier molecular flexibility index (Phi) is 5.82. The number of aryl methyl sites for hydroxylation is 2. The number of hydrogen-bond acceptors (Lipinski definition) is 4. The molecule has 0 aliphatic heterocycles. The minimum absolute atomic E-state index is 0.00710. The second kappa shape index (κ2) is 6.91. The molecule has 0 fully saturated rings. The Bertz CT molecular complexity index is 497. The quantitative estimate of drug-likeness (QED) is 0.832. The number of benzene rings is 1. The first-order chi connectivity index (χ1) is 8.89. The van der Waals surface area contributed by atoms with Crippen LogP contribution in [0.25, 0.3) is 0 Å². The molecule has 0 aliphatic rings. The summed E-state index contributed by atoms with van der Waals surface area (Å²) in [5.74, 6) is 0.961. The van der Waals surface area contributed by atoms with E-state index in [0.717, 1.165) is 16.7 Å². The van der Waals surface area contributed by atoms with Crippen molar-refractivity contribution in [3.63, 3.8) is 0 Å². The van der Waals surface area contributed by atoms with E-state index < -0.39 is 9.84 Å². The van der Waals surface area contributed by atoms with Gasteiger partial charge in [0.25, 0.3) is 0 Å². The normalized spacial score (nSPS) is 11.6. The summed E-state index contributed by atoms with van der Waals surface area (Å²) in [6.07, 6.45) is 0.631. The van der Waals surface area contributed by atoms with Crippen molar-refractivity contribution in [2.45, 2.75) is 33.8 Å². The summed E-state index contributed by atoms with van der Waals surface area (Å²) in [6, 6.07) is 3.70. The molecule has 0 radical (unpaired) electrons. The van der Waals surface area contributed by atoms with Gasteiger partial charge in [-0.05, 0) is 37.0 Å². The van der Waals surface area contributed by atoms with E-state index in [4.69, 9.17) is 9.84 Å². The van der Waals surface area contributed by atoms with E-state index in [2.05, 4.69) is 0 Å². The maximum Gasteiger partial charge on any atom is 0.153 e. The number of rotatable bonds is 7. The lowest BCUT2D eigenvalue weighted by Crippen LogP contribution is -2.17. The SMILES string of the molecule is CCCS(=O)(=O)CCOc1c(C)cc(CO)cc1C. The summed E-state index contributed by atoms with van der Waals surface area (Å²) >= 11 is 0. The Hall–Kier alpha value is -1.07. The highest BCUT2D eigenvalue weighted by Gasteiger charge is 2.11. The van der Waals surface area contributed by atoms with Crippen molar-refractivity contribution in [3.05, 3.63) is 28.8 Å². The predicted octanol–water partition coefficient (Wildman–Crippen LogP) is 2.00. The van der Waals surface area contributed by atoms with Crippen molar-refractivity contribution >= 4 is 9.84 Å². The van der Waals surface area contributed by atoms with Gasteiger partial charge in [0.05, 0.1) is 18.1 Å². The molecule has 0 saturated carbocycles. The molecule has 0 bridgehead atoms. The average molecular weight is 286 g/mol. The second-order valence-electron chi connectivity index (χ2n) is 4.72. The fourth-order valence-electron chi connectivity index (χ4n) is 2.04. The first-order valence-corrected chi connectivity index (χ1v) is 8.26. The van der Waals surface area contributed by atoms with Gasteiger partial charge < -0.3 is 9.84 Å². The van der Waals surface area contributed by atoms with E-state index in [1.165, 1.54) is 0 Å². The minimum atomic E-state index is -3.01. The third kappa shape index (κ3) is 4.84. The Morgan fingerprint density at radius 2 is 1.74 bits per heavy atom. The Morgan fingerprint density at radius 1 is 1.16 bits per heavy atom. The Labute approximate surface area is 115 Å². The molecule has 0 saturated heterocycles. The molecule has 1 aromatic carbocycles. The van der Waals surface area contributed by atoms with Crippen LogP contribution in [-0.2, 0) is 16.4 Å². The average Bonchev–Trinajstić information content (AvgIpc) is 2.32. The third-order valence-corrected chi connectivity index (χ3v) is 4.68. The van der Waals surface area contributed by atoms with Crippen LogP contribution in [0.2, 0.25) is 0 Å². The van der Waals surface area contributed by atoms with Crippen molar-refractivity contribution in [1.82, 2.24) is 0 Å². The van der Waals surface area contributed by atoms with Crippen LogP contribution in [0.5, 0.6) is 5.75 Å². The molecule has 108 valence electrons. The molecule has 1 aromatic rings. The standard InChI is InChI=1S/C14H22O4S/c1-4-6-19(16,17)7-5-18-14-11(2)8-13(10-15)9-12(14)3/h8-9,15H,4-7,10H2,1-3H3. The lowest BCUT2D eigenvalue weighted by Gasteiger charge is -2.13. The van der Waals surface area contributed by atoms with Crippen molar-refractivity contribution in [3.8, 4) is 5.75 Å². The topological polar surface area (TPSA) is 63.6 Å². The highest BCUT2D eigenvalue weighted by atomic mass is 32.2. The van der Waals surface area contributed by atoms with Gasteiger partial charge in [-0.1, -0.05) is 19.1 Å². The van der Waals surface area contributed by atoms with Crippen LogP contribution in [-0.4, -0.2) is 31.6 Å². The van der Waals surface area contributed by atoms with E-state index in [1.54, 1.807) is 0 Å². The molecule has 0 amide bonds. The van der Waals surface area contributed by atoms with Gasteiger partial charge in [-0.2, -0.15) is 0 Å². The molecule has 0 spiro atoms. The van der Waals surface area contributed by atoms with E-state index in [1.807, 2.05) is 32.9 Å². The maximum absolute atomic E-state index is 11.6. The molecule has 5 heteroatoms. The van der Waals surface area contributed by atoms with Crippen LogP contribution in [0.3, 0.4) is 0 Å². The van der Waals surface area contributed by atoms with Gasteiger partial charge in [-0.15, -0.1) is 0 Å². The molecule has 0 aliphatic carbocycles. The number of hydrogen-bond donors (Lipinski definition) is 1. The van der Waals surface area contributed by atoms with Gasteiger partial charge in [0, 0.05) is 0 Å². The smallest absolute Gasteiger partial charge is 0.153 e. The van der Waals surface area contributed by atoms with Gasteiger partial charge >= 0.3 is 0 Å². The number of aliphatic hydroxyl groups excluding tert-OH is 1. The maximum atomic E-state index is 11.6. The number of aliphatic hydroxyl groups is 1. The minimum Gasteiger partial charge on any atom is -0.492 e. The largest absolute Gasteiger partial charge is 0.492 e. The van der Waals surface area contributed by atoms with Gasteiger partial charge in [-0.25, -0.2) is 8.42 Å². The molecule has 4 nitrogen and oxygen atoms in total. The van der Waals surface area contributed by atoms with Gasteiger partial charge in [0.15, 0.2) is 9.84 Å². The summed E-state index contributed by atoms with van der Waals surface area (Å²) in [5, 5.41) is 9.10. The first kappa shape index (κ1) is 16.0. The van der Waals surface area contributed by atoms with Gasteiger partial charge in [0.2, 0.25) is 0 Å². The van der Waals surface area contributed by atoms with Crippen LogP contribution in [0.15, 0.2) is 12.1 Å². The monoisotopic (exact) mass is 286 g/mol. The van der Waals surface area contributed by atoms with E-state index in [9.17, 15) is 8.42 Å². The highest BCUT2D eigenvalue weighted by Crippen LogP contribution is 2.24. The molecular formula is C14H22O4S. The molecule has 19 heavy (non-hydrogen) atoms. The summed E-state index contributed by atoms with van der Waals surface area (Å²) < 4.78 is 28.7. The van der Waals surface area contributed by atoms with Crippen LogP contribution >= 0.6 is 0 Å². The fourth-order valence-corrected chi connectivity index (χ4v) is 3.21.